The van der Waals surface area contributed by atoms with Gasteiger partial charge in [0.25, 0.3) is 11.8 Å². The van der Waals surface area contributed by atoms with Crippen molar-refractivity contribution in [3.63, 3.8) is 0 Å². The van der Waals surface area contributed by atoms with Crippen molar-refractivity contribution in [3.8, 4) is 17.2 Å². The second-order valence-corrected chi connectivity index (χ2v) is 14.6. The van der Waals surface area contributed by atoms with E-state index in [0.29, 0.717) is 57.2 Å². The Balaban J connectivity index is 2.14. The van der Waals surface area contributed by atoms with Gasteiger partial charge in [-0.2, -0.15) is 0 Å². The average molecular weight is 809 g/mol. The number of amides is 2. The molecule has 0 saturated carbocycles. The highest BCUT2D eigenvalue weighted by atomic mass is 16.5. The van der Waals surface area contributed by atoms with Gasteiger partial charge in [-0.25, -0.2) is 4.79 Å². The maximum atomic E-state index is 14.5. The number of carbonyl (C=O) groups excluding carboxylic acids is 4. The number of fused-ring (bicyclic) bond motifs is 2. The summed E-state index contributed by atoms with van der Waals surface area (Å²) in [7, 11) is 1.23. The highest BCUT2D eigenvalue weighted by molar-refractivity contribution is 5.97. The van der Waals surface area contributed by atoms with Gasteiger partial charge in [0.05, 0.1) is 25.1 Å². The number of phenolic OH excluding ortho intramolecular Hbond substituents is 1. The maximum absolute atomic E-state index is 14.5. The Labute approximate surface area is 339 Å². The first-order chi connectivity index (χ1) is 27.7. The fourth-order valence-corrected chi connectivity index (χ4v) is 6.42. The molecule has 0 aliphatic heterocycles. The Bertz CT molecular complexity index is 2050. The van der Waals surface area contributed by atoms with Gasteiger partial charge in [-0.3, -0.25) is 19.2 Å². The number of hydrogen-bond acceptors (Lipinski definition) is 13. The van der Waals surface area contributed by atoms with E-state index >= 15 is 0 Å². The molecule has 15 heteroatoms. The molecule has 2 aromatic carbocycles. The Kier molecular flexibility index (Phi) is 18.9. The van der Waals surface area contributed by atoms with Gasteiger partial charge in [0, 0.05) is 29.7 Å². The van der Waals surface area contributed by atoms with Gasteiger partial charge in [0.2, 0.25) is 5.43 Å². The van der Waals surface area contributed by atoms with Crippen LogP contribution in [0.15, 0.2) is 44.6 Å². The van der Waals surface area contributed by atoms with Gasteiger partial charge < -0.3 is 50.9 Å². The van der Waals surface area contributed by atoms with Crippen LogP contribution in [0.4, 0.5) is 0 Å². The molecule has 0 radical (unpaired) electrons. The zero-order valence-electron chi connectivity index (χ0n) is 34.6. The lowest BCUT2D eigenvalue weighted by atomic mass is 9.95. The number of ether oxygens (including phenoxy) is 3. The molecule has 0 aliphatic rings. The van der Waals surface area contributed by atoms with E-state index < -0.39 is 60.9 Å². The van der Waals surface area contributed by atoms with Crippen molar-refractivity contribution in [2.45, 2.75) is 111 Å². The molecule has 0 saturated heterocycles. The molecule has 3 aromatic rings. The highest BCUT2D eigenvalue weighted by Crippen LogP contribution is 2.39. The SMILES string of the molecule is CCC(=O)[C@H](CCCCN)NC(=O)COc1cc2oc3cc(OCC(=O)N[C@@H](CCCCN)C(=O)OC)c(CO)c(CC=C(C)C)c3c(=O)c2c(O)c1CC=C(C)C. The quantitative estimate of drug-likeness (QED) is 0.0321. The largest absolute Gasteiger partial charge is 0.507 e. The number of nitrogens with one attached hydrogen (secondary N) is 2. The first kappa shape index (κ1) is 47.1. The summed E-state index contributed by atoms with van der Waals surface area (Å²) in [6.07, 6.45) is 7.61. The summed E-state index contributed by atoms with van der Waals surface area (Å²) in [5, 5.41) is 27.7. The third kappa shape index (κ3) is 12.9. The van der Waals surface area contributed by atoms with Crippen LogP contribution in [0.5, 0.6) is 17.2 Å². The van der Waals surface area contributed by atoms with Crippen molar-refractivity contribution < 1.29 is 48.0 Å². The number of benzene rings is 2. The third-order valence-corrected chi connectivity index (χ3v) is 9.57. The lowest BCUT2D eigenvalue weighted by molar-refractivity contribution is -0.145. The molecule has 2 atom stereocenters. The number of rotatable bonds is 24. The van der Waals surface area contributed by atoms with E-state index in [1.54, 1.807) is 6.92 Å². The van der Waals surface area contributed by atoms with E-state index in [1.165, 1.54) is 19.2 Å². The van der Waals surface area contributed by atoms with Crippen molar-refractivity contribution in [2.75, 3.05) is 33.4 Å². The number of nitrogens with two attached hydrogens (primary N) is 2. The molecule has 2 amide bonds. The van der Waals surface area contributed by atoms with Gasteiger partial charge in [0.15, 0.2) is 19.0 Å². The topological polar surface area (TPSA) is 243 Å². The van der Waals surface area contributed by atoms with E-state index in [2.05, 4.69) is 10.6 Å². The second kappa shape index (κ2) is 23.2. The summed E-state index contributed by atoms with van der Waals surface area (Å²) < 4.78 is 23.0. The Morgan fingerprint density at radius 3 is 1.78 bits per heavy atom. The minimum atomic E-state index is -0.919. The monoisotopic (exact) mass is 808 g/mol. The van der Waals surface area contributed by atoms with Gasteiger partial charge in [0.1, 0.15) is 39.8 Å². The second-order valence-electron chi connectivity index (χ2n) is 14.6. The van der Waals surface area contributed by atoms with Crippen LogP contribution in [0.25, 0.3) is 21.9 Å². The number of esters is 1. The van der Waals surface area contributed by atoms with Crippen LogP contribution >= 0.6 is 0 Å². The molecule has 318 valence electrons. The summed E-state index contributed by atoms with van der Waals surface area (Å²) in [6.45, 7) is 8.52. The van der Waals surface area contributed by atoms with Crippen LogP contribution < -0.4 is 37.0 Å². The normalized spacial score (nSPS) is 12.1. The van der Waals surface area contributed by atoms with Crippen LogP contribution in [0.3, 0.4) is 0 Å². The van der Waals surface area contributed by atoms with E-state index in [9.17, 15) is 34.2 Å². The van der Waals surface area contributed by atoms with Gasteiger partial charge in [-0.1, -0.05) is 30.2 Å². The summed E-state index contributed by atoms with van der Waals surface area (Å²) in [5.41, 5.74) is 13.3. The minimum Gasteiger partial charge on any atom is -0.507 e. The Hall–Kier alpha value is -5.25. The zero-order chi connectivity index (χ0) is 42.9. The zero-order valence-corrected chi connectivity index (χ0v) is 34.6. The lowest BCUT2D eigenvalue weighted by Crippen LogP contribution is -2.43. The number of Topliss-reactive ketones (excluding diaryl/α,β-unsaturated/α-hetero) is 1. The molecule has 1 aromatic heterocycles. The van der Waals surface area contributed by atoms with E-state index in [-0.39, 0.29) is 69.6 Å². The molecular weight excluding hydrogens is 748 g/mol. The van der Waals surface area contributed by atoms with E-state index in [1.807, 2.05) is 39.8 Å². The number of unbranched alkanes of at least 4 members (excludes halogenated alkanes) is 2. The first-order valence-electron chi connectivity index (χ1n) is 19.7. The van der Waals surface area contributed by atoms with E-state index in [0.717, 1.165) is 11.1 Å². The maximum Gasteiger partial charge on any atom is 0.328 e. The van der Waals surface area contributed by atoms with Crippen molar-refractivity contribution in [1.29, 1.82) is 0 Å². The summed E-state index contributed by atoms with van der Waals surface area (Å²) in [6, 6.07) is 1.19. The molecule has 0 unspecified atom stereocenters. The molecule has 0 spiro atoms. The van der Waals surface area contributed by atoms with Crippen LogP contribution in [0.1, 0.15) is 96.3 Å². The van der Waals surface area contributed by atoms with Crippen molar-refractivity contribution >= 4 is 45.5 Å². The lowest BCUT2D eigenvalue weighted by Gasteiger charge is -2.19. The number of methoxy groups -OCH3 is 1. The van der Waals surface area contributed by atoms with Crippen molar-refractivity contribution in [1.82, 2.24) is 10.6 Å². The van der Waals surface area contributed by atoms with Gasteiger partial charge in [-0.15, -0.1) is 0 Å². The molecule has 58 heavy (non-hydrogen) atoms. The summed E-state index contributed by atoms with van der Waals surface area (Å²) >= 11 is 0. The summed E-state index contributed by atoms with van der Waals surface area (Å²) in [5.74, 6) is -2.17. The molecule has 3 rings (SSSR count). The average Bonchev–Trinajstić information content (AvgIpc) is 3.19. The van der Waals surface area contributed by atoms with Crippen LogP contribution in [0, 0.1) is 0 Å². The fraction of sp³-hybridized carbons (Fsp3) is 0.512. The molecule has 0 aliphatic carbocycles. The summed E-state index contributed by atoms with van der Waals surface area (Å²) in [4.78, 5) is 65.6. The van der Waals surface area contributed by atoms with Gasteiger partial charge >= 0.3 is 5.97 Å². The molecular formula is C43H60N4O11. The Morgan fingerprint density at radius 1 is 0.776 bits per heavy atom. The number of ketones is 1. The Morgan fingerprint density at radius 2 is 1.28 bits per heavy atom. The number of aliphatic hydroxyl groups is 1. The number of aromatic hydroxyl groups is 1. The predicted molar refractivity (Wildman–Crippen MR) is 222 cm³/mol. The third-order valence-electron chi connectivity index (χ3n) is 9.57. The molecule has 8 N–H and O–H groups in total. The predicted octanol–water partition coefficient (Wildman–Crippen LogP) is 4.30. The standard InChI is InChI=1S/C43H60N4O11/c1-7-32(49)30(12-8-10-18-44)46-37(50)23-56-33-20-36-40(41(52)28(33)17-15-26(4)5)42(53)39-27(16-14-25(2)3)29(22-48)34(21-35(39)58-36)57-24-38(51)47-31(43(54)55-6)13-9-11-19-45/h14-15,20-21,30-31,48,52H,7-13,16-19,22-24,44-45H2,1-6H3,(H,46,50)(H,47,51)/t30-,31-/m0/s1. The van der Waals surface area contributed by atoms with Crippen LogP contribution in [0.2, 0.25) is 0 Å². The van der Waals surface area contributed by atoms with Gasteiger partial charge in [-0.05, 0) is 97.7 Å². The number of allylic oxidation sites excluding steroid dienone is 4. The molecule has 15 nitrogen and oxygen atoms in total. The minimum absolute atomic E-state index is 0.0371. The number of hydrogen-bond donors (Lipinski definition) is 6. The molecule has 0 bridgehead atoms. The smallest absolute Gasteiger partial charge is 0.328 e. The van der Waals surface area contributed by atoms with Crippen molar-refractivity contribution in [3.05, 3.63) is 62.3 Å². The van der Waals surface area contributed by atoms with E-state index in [4.69, 9.17) is 30.1 Å². The number of aliphatic hydroxyl groups excluding tert-OH is 1. The first-order valence-corrected chi connectivity index (χ1v) is 19.7. The van der Waals surface area contributed by atoms with Crippen LogP contribution in [-0.2, 0) is 43.4 Å². The number of phenols is 1. The molecule has 1 heterocycles. The molecule has 0 fully saturated rings. The number of carbonyl (C=O) groups is 4. The highest BCUT2D eigenvalue weighted by Gasteiger charge is 2.26. The van der Waals surface area contributed by atoms with Crippen molar-refractivity contribution in [2.24, 2.45) is 11.5 Å². The van der Waals surface area contributed by atoms with Crippen LogP contribution in [-0.4, -0.2) is 79.3 Å². The fourth-order valence-electron chi connectivity index (χ4n) is 6.42.